The van der Waals surface area contributed by atoms with Gasteiger partial charge >= 0.3 is 0 Å². The van der Waals surface area contributed by atoms with Gasteiger partial charge in [0.25, 0.3) is 0 Å². The topological polar surface area (TPSA) is 3.24 Å². The van der Waals surface area contributed by atoms with E-state index in [9.17, 15) is 0 Å². The van der Waals surface area contributed by atoms with E-state index in [1.54, 1.807) is 0 Å². The molecule has 0 saturated heterocycles. The van der Waals surface area contributed by atoms with Gasteiger partial charge in [-0.3, -0.25) is 0 Å². The highest BCUT2D eigenvalue weighted by Gasteiger charge is 2.17. The molecule has 0 aliphatic rings. The van der Waals surface area contributed by atoms with Gasteiger partial charge in [0, 0.05) is 23.0 Å². The van der Waals surface area contributed by atoms with Gasteiger partial charge in [-0.1, -0.05) is 91.0 Å². The van der Waals surface area contributed by atoms with E-state index in [1.165, 1.54) is 33.6 Å². The van der Waals surface area contributed by atoms with Crippen LogP contribution in [0.15, 0.2) is 109 Å². The summed E-state index contributed by atoms with van der Waals surface area (Å²) in [5.74, 6) is 0. The predicted molar refractivity (Wildman–Crippen MR) is 121 cm³/mol. The summed E-state index contributed by atoms with van der Waals surface area (Å²) in [4.78, 5) is 2.41. The summed E-state index contributed by atoms with van der Waals surface area (Å²) in [6.07, 6.45) is 0. The molecule has 28 heavy (non-hydrogen) atoms. The van der Waals surface area contributed by atoms with Gasteiger partial charge in [-0.15, -0.1) is 0 Å². The maximum atomic E-state index is 2.41. The molecule has 0 spiro atoms. The zero-order valence-corrected chi connectivity index (χ0v) is 16.4. The van der Waals surface area contributed by atoms with Gasteiger partial charge in [0.2, 0.25) is 0 Å². The van der Waals surface area contributed by atoms with E-state index in [0.29, 0.717) is 6.04 Å². The van der Waals surface area contributed by atoms with E-state index in [2.05, 4.69) is 128 Å². The molecule has 0 aliphatic carbocycles. The quantitative estimate of drug-likeness (QED) is 0.353. The van der Waals surface area contributed by atoms with Crippen molar-refractivity contribution in [1.82, 2.24) is 0 Å². The molecule has 4 aromatic rings. The Kier molecular flexibility index (Phi) is 5.25. The largest absolute Gasteiger partial charge is 0.338 e. The van der Waals surface area contributed by atoms with Crippen LogP contribution in [0, 0.1) is 0 Å². The summed E-state index contributed by atoms with van der Waals surface area (Å²) in [5.41, 5.74) is 7.42. The molecule has 0 bridgehead atoms. The monoisotopic (exact) mass is 363 g/mol. The first-order chi connectivity index (χ1) is 13.7. The minimum atomic E-state index is 0.340. The fourth-order valence-electron chi connectivity index (χ4n) is 3.71. The Balaban J connectivity index is 1.75. The van der Waals surface area contributed by atoms with Gasteiger partial charge in [-0.25, -0.2) is 0 Å². The van der Waals surface area contributed by atoms with Gasteiger partial charge in [0.05, 0.1) is 0 Å². The molecule has 138 valence electrons. The Hall–Kier alpha value is -3.32. The molecule has 0 unspecified atom stereocenters. The second kappa shape index (κ2) is 8.14. The lowest BCUT2D eigenvalue weighted by molar-refractivity contribution is 0.789. The SMILES string of the molecule is CC(C)N(c1ccc(-c2ccccc2)cc1)c1ccccc1-c1ccccc1. The van der Waals surface area contributed by atoms with Gasteiger partial charge in [0.1, 0.15) is 0 Å². The predicted octanol–water partition coefficient (Wildman–Crippen LogP) is 7.57. The van der Waals surface area contributed by atoms with Gasteiger partial charge < -0.3 is 4.90 Å². The molecule has 0 aliphatic heterocycles. The average Bonchev–Trinajstić information content (AvgIpc) is 2.76. The zero-order chi connectivity index (χ0) is 19.3. The first-order valence-corrected chi connectivity index (χ1v) is 9.83. The summed E-state index contributed by atoms with van der Waals surface area (Å²) in [6.45, 7) is 4.49. The molecule has 0 N–H and O–H groups in total. The number of para-hydroxylation sites is 1. The molecule has 1 nitrogen and oxygen atoms in total. The van der Waals surface area contributed by atoms with Crippen LogP contribution in [0.5, 0.6) is 0 Å². The third-order valence-electron chi connectivity index (χ3n) is 5.02. The summed E-state index contributed by atoms with van der Waals surface area (Å²) >= 11 is 0. The molecule has 0 saturated carbocycles. The highest BCUT2D eigenvalue weighted by atomic mass is 15.2. The second-order valence-corrected chi connectivity index (χ2v) is 7.26. The summed E-state index contributed by atoms with van der Waals surface area (Å²) in [7, 11) is 0. The Labute approximate surface area is 167 Å². The van der Waals surface area contributed by atoms with Crippen LogP contribution in [0.4, 0.5) is 11.4 Å². The van der Waals surface area contributed by atoms with Crippen molar-refractivity contribution in [3.8, 4) is 22.3 Å². The minimum absolute atomic E-state index is 0.340. The zero-order valence-electron chi connectivity index (χ0n) is 16.4. The number of nitrogens with zero attached hydrogens (tertiary/aromatic N) is 1. The molecule has 4 aromatic carbocycles. The van der Waals surface area contributed by atoms with Gasteiger partial charge in [0.15, 0.2) is 0 Å². The van der Waals surface area contributed by atoms with Gasteiger partial charge in [-0.05, 0) is 48.7 Å². The number of benzene rings is 4. The number of hydrogen-bond acceptors (Lipinski definition) is 1. The van der Waals surface area contributed by atoms with Crippen LogP contribution in [0.25, 0.3) is 22.3 Å². The highest BCUT2D eigenvalue weighted by Crippen LogP contribution is 2.37. The van der Waals surface area contributed by atoms with E-state index in [1.807, 2.05) is 0 Å². The smallest absolute Gasteiger partial charge is 0.0492 e. The van der Waals surface area contributed by atoms with Crippen LogP contribution in [0.2, 0.25) is 0 Å². The van der Waals surface area contributed by atoms with Crippen molar-refractivity contribution < 1.29 is 0 Å². The molecule has 1 heteroatoms. The van der Waals surface area contributed by atoms with Crippen molar-refractivity contribution in [2.75, 3.05) is 4.90 Å². The highest BCUT2D eigenvalue weighted by molar-refractivity contribution is 5.83. The number of anilines is 2. The van der Waals surface area contributed by atoms with E-state index in [-0.39, 0.29) is 0 Å². The molecule has 0 radical (unpaired) electrons. The molecule has 0 aromatic heterocycles. The van der Waals surface area contributed by atoms with Crippen molar-refractivity contribution in [1.29, 1.82) is 0 Å². The number of hydrogen-bond donors (Lipinski definition) is 0. The van der Waals surface area contributed by atoms with E-state index < -0.39 is 0 Å². The molecule has 0 heterocycles. The van der Waals surface area contributed by atoms with Crippen molar-refractivity contribution in [3.05, 3.63) is 109 Å². The number of rotatable bonds is 5. The average molecular weight is 364 g/mol. The normalized spacial score (nSPS) is 10.8. The van der Waals surface area contributed by atoms with Crippen LogP contribution in [0.1, 0.15) is 13.8 Å². The van der Waals surface area contributed by atoms with Gasteiger partial charge in [-0.2, -0.15) is 0 Å². The summed E-state index contributed by atoms with van der Waals surface area (Å²) in [6, 6.07) is 39.0. The lowest BCUT2D eigenvalue weighted by atomic mass is 10.0. The summed E-state index contributed by atoms with van der Waals surface area (Å²) < 4.78 is 0. The first kappa shape index (κ1) is 18.1. The van der Waals surface area contributed by atoms with Crippen LogP contribution < -0.4 is 4.90 Å². The maximum absolute atomic E-state index is 2.41. The third-order valence-corrected chi connectivity index (χ3v) is 5.02. The third kappa shape index (κ3) is 3.70. The van der Waals surface area contributed by atoms with Crippen molar-refractivity contribution in [2.24, 2.45) is 0 Å². The lowest BCUT2D eigenvalue weighted by Crippen LogP contribution is -2.25. The van der Waals surface area contributed by atoms with Crippen LogP contribution >= 0.6 is 0 Å². The molecule has 0 fully saturated rings. The van der Waals surface area contributed by atoms with E-state index in [4.69, 9.17) is 0 Å². The fourth-order valence-corrected chi connectivity index (χ4v) is 3.71. The fraction of sp³-hybridized carbons (Fsp3) is 0.111. The molecule has 4 rings (SSSR count). The van der Waals surface area contributed by atoms with Crippen molar-refractivity contribution in [3.63, 3.8) is 0 Å². The standard InChI is InChI=1S/C27H25N/c1-21(2)28(25-19-17-23(18-20-25)22-11-5-3-6-12-22)27-16-10-9-15-26(27)24-13-7-4-8-14-24/h3-21H,1-2H3. The maximum Gasteiger partial charge on any atom is 0.0492 e. The first-order valence-electron chi connectivity index (χ1n) is 9.83. The Morgan fingerprint density at radius 2 is 1.00 bits per heavy atom. The Morgan fingerprint density at radius 1 is 0.500 bits per heavy atom. The van der Waals surface area contributed by atoms with Crippen LogP contribution in [-0.4, -0.2) is 6.04 Å². The van der Waals surface area contributed by atoms with E-state index in [0.717, 1.165) is 0 Å². The molecular formula is C27H25N. The van der Waals surface area contributed by atoms with E-state index >= 15 is 0 Å². The van der Waals surface area contributed by atoms with Crippen LogP contribution in [0.3, 0.4) is 0 Å². The second-order valence-electron chi connectivity index (χ2n) is 7.26. The molecular weight excluding hydrogens is 338 g/mol. The van der Waals surface area contributed by atoms with Crippen LogP contribution in [-0.2, 0) is 0 Å². The summed E-state index contributed by atoms with van der Waals surface area (Å²) in [5, 5.41) is 0. The van der Waals surface area contributed by atoms with Crippen molar-refractivity contribution in [2.45, 2.75) is 19.9 Å². The lowest BCUT2D eigenvalue weighted by Gasteiger charge is -2.31. The molecule has 0 amide bonds. The van der Waals surface area contributed by atoms with Crippen molar-refractivity contribution >= 4 is 11.4 Å². The molecule has 0 atom stereocenters. The Morgan fingerprint density at radius 3 is 1.61 bits per heavy atom. The minimum Gasteiger partial charge on any atom is -0.338 e. The Bertz CT molecular complexity index is 1020.